The molecule has 0 radical (unpaired) electrons. The van der Waals surface area contributed by atoms with Gasteiger partial charge >= 0.3 is 5.76 Å². The van der Waals surface area contributed by atoms with Gasteiger partial charge in [0.25, 0.3) is 0 Å². The minimum absolute atomic E-state index is 0.147. The van der Waals surface area contributed by atoms with Crippen LogP contribution in [0.5, 0.6) is 0 Å². The number of sulfone groups is 1. The highest BCUT2D eigenvalue weighted by molar-refractivity contribution is 7.91. The lowest BCUT2D eigenvalue weighted by molar-refractivity contribution is -0.0170. The third-order valence-electron chi connectivity index (χ3n) is 3.54. The van der Waals surface area contributed by atoms with E-state index < -0.39 is 30.5 Å². The Bertz CT molecular complexity index is 762. The van der Waals surface area contributed by atoms with Gasteiger partial charge in [0, 0.05) is 12.6 Å². The average molecular weight is 369 g/mol. The molecule has 1 aromatic rings. The summed E-state index contributed by atoms with van der Waals surface area (Å²) >= 11 is 0. The van der Waals surface area contributed by atoms with Crippen LogP contribution in [0.4, 0.5) is 8.78 Å². The van der Waals surface area contributed by atoms with Crippen LogP contribution in [0.2, 0.25) is 0 Å². The predicted molar refractivity (Wildman–Crippen MR) is 78.4 cm³/mol. The van der Waals surface area contributed by atoms with E-state index >= 15 is 0 Å². The van der Waals surface area contributed by atoms with Crippen molar-refractivity contribution >= 4 is 19.9 Å². The molecule has 130 valence electrons. The Morgan fingerprint density at radius 2 is 1.61 bits per heavy atom. The molecule has 1 aliphatic rings. The number of sulfonamides is 1. The van der Waals surface area contributed by atoms with Gasteiger partial charge in [-0.05, 0) is 38.1 Å². The summed E-state index contributed by atoms with van der Waals surface area (Å²) in [6.07, 6.45) is -0.264. The molecule has 0 unspecified atom stereocenters. The topological polar surface area (TPSA) is 80.8 Å². The zero-order valence-electron chi connectivity index (χ0n) is 12.5. The van der Waals surface area contributed by atoms with Crippen molar-refractivity contribution in [2.24, 2.45) is 0 Å². The van der Waals surface area contributed by atoms with Gasteiger partial charge in [-0.2, -0.15) is 13.1 Å². The molecule has 0 aliphatic carbocycles. The van der Waals surface area contributed by atoms with E-state index in [4.69, 9.17) is 4.74 Å². The SMILES string of the molecule is C[C@@H]1CN(S(=O)(=O)c2ccc(S(=O)(=O)C(F)F)cc2)[C@H](C)CO1. The average Bonchev–Trinajstić information content (AvgIpc) is 2.49. The maximum Gasteiger partial charge on any atom is 0.341 e. The second kappa shape index (κ2) is 6.42. The molecule has 1 heterocycles. The van der Waals surface area contributed by atoms with Crippen molar-refractivity contribution in [2.75, 3.05) is 13.2 Å². The van der Waals surface area contributed by atoms with E-state index in [0.29, 0.717) is 0 Å². The number of morpholine rings is 1. The van der Waals surface area contributed by atoms with Gasteiger partial charge in [0.1, 0.15) is 0 Å². The van der Waals surface area contributed by atoms with Gasteiger partial charge in [-0.1, -0.05) is 0 Å². The molecule has 0 amide bonds. The van der Waals surface area contributed by atoms with E-state index in [9.17, 15) is 25.6 Å². The minimum Gasteiger partial charge on any atom is -0.375 e. The molecule has 1 saturated heterocycles. The Labute approximate surface area is 134 Å². The number of benzene rings is 1. The summed E-state index contributed by atoms with van der Waals surface area (Å²) in [7, 11) is -8.60. The quantitative estimate of drug-likeness (QED) is 0.803. The van der Waals surface area contributed by atoms with Crippen LogP contribution in [-0.4, -0.2) is 52.2 Å². The summed E-state index contributed by atoms with van der Waals surface area (Å²) in [5.74, 6) is -3.55. The number of hydrogen-bond acceptors (Lipinski definition) is 5. The van der Waals surface area contributed by atoms with Crippen LogP contribution >= 0.6 is 0 Å². The summed E-state index contributed by atoms with van der Waals surface area (Å²) in [6, 6.07) is 3.43. The second-order valence-corrected chi connectivity index (χ2v) is 9.15. The fourth-order valence-corrected chi connectivity index (χ4v) is 4.66. The smallest absolute Gasteiger partial charge is 0.341 e. The predicted octanol–water partition coefficient (Wildman–Crippen LogP) is 1.48. The van der Waals surface area contributed by atoms with E-state index in [1.165, 1.54) is 4.31 Å². The van der Waals surface area contributed by atoms with Gasteiger partial charge in [-0.15, -0.1) is 0 Å². The Balaban J connectivity index is 2.35. The Morgan fingerprint density at radius 3 is 2.13 bits per heavy atom. The van der Waals surface area contributed by atoms with Crippen molar-refractivity contribution in [1.82, 2.24) is 4.31 Å². The number of rotatable bonds is 4. The Kier molecular flexibility index (Phi) is 5.09. The van der Waals surface area contributed by atoms with Crippen molar-refractivity contribution in [3.63, 3.8) is 0 Å². The van der Waals surface area contributed by atoms with Crippen LogP contribution in [0.3, 0.4) is 0 Å². The summed E-state index contributed by atoms with van der Waals surface area (Å²) in [4.78, 5) is -0.762. The van der Waals surface area contributed by atoms with Crippen molar-refractivity contribution in [2.45, 2.75) is 41.5 Å². The van der Waals surface area contributed by atoms with E-state index in [2.05, 4.69) is 0 Å². The lowest BCUT2D eigenvalue weighted by atomic mass is 10.2. The summed E-state index contributed by atoms with van der Waals surface area (Å²) < 4.78 is 79.6. The number of halogens is 2. The van der Waals surface area contributed by atoms with Crippen molar-refractivity contribution in [3.05, 3.63) is 24.3 Å². The largest absolute Gasteiger partial charge is 0.375 e. The Morgan fingerprint density at radius 1 is 1.09 bits per heavy atom. The van der Waals surface area contributed by atoms with Crippen LogP contribution in [-0.2, 0) is 24.6 Å². The van der Waals surface area contributed by atoms with Crippen molar-refractivity contribution < 1.29 is 30.4 Å². The number of nitrogens with zero attached hydrogens (tertiary/aromatic N) is 1. The molecule has 0 bridgehead atoms. The highest BCUT2D eigenvalue weighted by Gasteiger charge is 2.34. The third kappa shape index (κ3) is 3.54. The molecule has 23 heavy (non-hydrogen) atoms. The fourth-order valence-electron chi connectivity index (χ4n) is 2.25. The molecule has 1 fully saturated rings. The van der Waals surface area contributed by atoms with Crippen LogP contribution in [0.25, 0.3) is 0 Å². The molecule has 0 spiro atoms. The van der Waals surface area contributed by atoms with Gasteiger partial charge in [-0.25, -0.2) is 16.8 Å². The van der Waals surface area contributed by atoms with Crippen LogP contribution < -0.4 is 0 Å². The first kappa shape index (κ1) is 18.2. The van der Waals surface area contributed by atoms with E-state index in [-0.39, 0.29) is 30.2 Å². The molecule has 2 atom stereocenters. The normalized spacial score (nSPS) is 24.0. The standard InChI is InChI=1S/C13H17F2NO5S2/c1-9-8-21-10(2)7-16(9)23(19,20)12-5-3-11(4-6-12)22(17,18)13(14)15/h3-6,9-10,13H,7-8H2,1-2H3/t9-,10-/m1/s1. The lowest BCUT2D eigenvalue weighted by Gasteiger charge is -2.35. The van der Waals surface area contributed by atoms with E-state index in [1.54, 1.807) is 13.8 Å². The first-order valence-electron chi connectivity index (χ1n) is 6.82. The first-order valence-corrected chi connectivity index (χ1v) is 9.81. The first-order chi connectivity index (χ1) is 10.6. The summed E-state index contributed by atoms with van der Waals surface area (Å²) in [5.41, 5.74) is 0. The number of hydrogen-bond donors (Lipinski definition) is 0. The van der Waals surface area contributed by atoms with E-state index in [0.717, 1.165) is 24.3 Å². The van der Waals surface area contributed by atoms with Crippen LogP contribution in [0.15, 0.2) is 34.1 Å². The maximum absolute atomic E-state index is 12.6. The van der Waals surface area contributed by atoms with Crippen LogP contribution in [0, 0.1) is 0 Å². The fraction of sp³-hybridized carbons (Fsp3) is 0.538. The molecule has 1 aromatic carbocycles. The molecular weight excluding hydrogens is 352 g/mol. The zero-order valence-corrected chi connectivity index (χ0v) is 14.1. The molecule has 2 rings (SSSR count). The van der Waals surface area contributed by atoms with Gasteiger partial charge in [-0.3, -0.25) is 0 Å². The van der Waals surface area contributed by atoms with Crippen LogP contribution in [0.1, 0.15) is 13.8 Å². The van der Waals surface area contributed by atoms with Gasteiger partial charge < -0.3 is 4.74 Å². The monoisotopic (exact) mass is 369 g/mol. The molecule has 0 aromatic heterocycles. The lowest BCUT2D eigenvalue weighted by Crippen LogP contribution is -2.50. The zero-order chi connectivity index (χ0) is 17.4. The highest BCUT2D eigenvalue weighted by Crippen LogP contribution is 2.25. The molecule has 10 heteroatoms. The third-order valence-corrected chi connectivity index (χ3v) is 6.94. The molecular formula is C13H17F2NO5S2. The highest BCUT2D eigenvalue weighted by atomic mass is 32.2. The number of ether oxygens (including phenoxy) is 1. The molecule has 1 aliphatic heterocycles. The van der Waals surface area contributed by atoms with Gasteiger partial charge in [0.05, 0.1) is 22.5 Å². The number of alkyl halides is 2. The molecule has 0 saturated carbocycles. The summed E-state index contributed by atoms with van der Waals surface area (Å²) in [5, 5.41) is 0. The van der Waals surface area contributed by atoms with Gasteiger partial charge in [0.2, 0.25) is 19.9 Å². The molecule has 0 N–H and O–H groups in total. The molecule has 6 nitrogen and oxygen atoms in total. The van der Waals surface area contributed by atoms with Crippen molar-refractivity contribution in [3.8, 4) is 0 Å². The van der Waals surface area contributed by atoms with E-state index in [1.807, 2.05) is 0 Å². The minimum atomic E-state index is -4.75. The maximum atomic E-state index is 12.6. The second-order valence-electron chi connectivity index (χ2n) is 5.34. The summed E-state index contributed by atoms with van der Waals surface area (Å²) in [6.45, 7) is 3.85. The Hall–Kier alpha value is -1.10. The van der Waals surface area contributed by atoms with Crippen molar-refractivity contribution in [1.29, 1.82) is 0 Å². The van der Waals surface area contributed by atoms with Gasteiger partial charge in [0.15, 0.2) is 0 Å².